The number of aryl methyl sites for hydroxylation is 2. The minimum Gasteiger partial charge on any atom is -0.380 e. The Bertz CT molecular complexity index is 822. The van der Waals surface area contributed by atoms with Gasteiger partial charge >= 0.3 is 0 Å². The molecule has 0 unspecified atom stereocenters. The Morgan fingerprint density at radius 3 is 2.73 bits per heavy atom. The standard InChI is InChI=1S/C19H26N4O2S/c1-12-13(2)26-18-15(12)16(21-11-22-18)23-6-4-14(5-7-23)17(24)20-8-19(3)9-25-10-19/h11,14H,4-10H2,1-3H3,(H,20,24). The molecule has 0 atom stereocenters. The van der Waals surface area contributed by atoms with E-state index < -0.39 is 0 Å². The van der Waals surface area contributed by atoms with E-state index in [2.05, 4.69) is 41.0 Å². The van der Waals surface area contributed by atoms with Crippen molar-refractivity contribution in [1.29, 1.82) is 0 Å². The van der Waals surface area contributed by atoms with Crippen LogP contribution >= 0.6 is 11.3 Å². The summed E-state index contributed by atoms with van der Waals surface area (Å²) in [5.41, 5.74) is 1.40. The van der Waals surface area contributed by atoms with Gasteiger partial charge in [0.2, 0.25) is 5.91 Å². The van der Waals surface area contributed by atoms with Crippen LogP contribution in [0.25, 0.3) is 10.2 Å². The molecule has 2 aliphatic heterocycles. The SMILES string of the molecule is Cc1sc2ncnc(N3CCC(C(=O)NCC4(C)COC4)CC3)c2c1C. The number of nitrogens with one attached hydrogen (secondary N) is 1. The first-order valence-electron chi connectivity index (χ1n) is 9.28. The summed E-state index contributed by atoms with van der Waals surface area (Å²) < 4.78 is 5.26. The minimum atomic E-state index is 0.0958. The lowest BCUT2D eigenvalue weighted by molar-refractivity contribution is -0.130. The van der Waals surface area contributed by atoms with Crippen LogP contribution in [0.15, 0.2) is 6.33 Å². The lowest BCUT2D eigenvalue weighted by Gasteiger charge is -2.39. The third-order valence-corrected chi connectivity index (χ3v) is 6.82. The van der Waals surface area contributed by atoms with Gasteiger partial charge in [0.05, 0.1) is 18.6 Å². The van der Waals surface area contributed by atoms with Crippen molar-refractivity contribution in [3.63, 3.8) is 0 Å². The van der Waals surface area contributed by atoms with Crippen molar-refractivity contribution in [3.05, 3.63) is 16.8 Å². The molecule has 1 N–H and O–H groups in total. The maximum Gasteiger partial charge on any atom is 0.223 e. The molecule has 7 heteroatoms. The van der Waals surface area contributed by atoms with Crippen LogP contribution in [0, 0.1) is 25.2 Å². The van der Waals surface area contributed by atoms with Crippen LogP contribution in [0.4, 0.5) is 5.82 Å². The van der Waals surface area contributed by atoms with Gasteiger partial charge in [-0.25, -0.2) is 9.97 Å². The second-order valence-electron chi connectivity index (χ2n) is 7.94. The van der Waals surface area contributed by atoms with E-state index in [-0.39, 0.29) is 17.2 Å². The Morgan fingerprint density at radius 2 is 2.08 bits per heavy atom. The van der Waals surface area contributed by atoms with E-state index in [0.29, 0.717) is 6.54 Å². The maximum absolute atomic E-state index is 12.5. The highest BCUT2D eigenvalue weighted by Crippen LogP contribution is 2.35. The van der Waals surface area contributed by atoms with Gasteiger partial charge in [0.1, 0.15) is 17.0 Å². The van der Waals surface area contributed by atoms with Gasteiger partial charge in [0.25, 0.3) is 0 Å². The van der Waals surface area contributed by atoms with Crippen molar-refractivity contribution >= 4 is 33.3 Å². The number of anilines is 1. The van der Waals surface area contributed by atoms with Gasteiger partial charge in [-0.15, -0.1) is 11.3 Å². The van der Waals surface area contributed by atoms with Gasteiger partial charge in [0, 0.05) is 35.8 Å². The number of thiophene rings is 1. The predicted octanol–water partition coefficient (Wildman–Crippen LogP) is 2.68. The van der Waals surface area contributed by atoms with Crippen molar-refractivity contribution < 1.29 is 9.53 Å². The lowest BCUT2D eigenvalue weighted by Crippen LogP contribution is -2.50. The number of ether oxygens (including phenoxy) is 1. The Kier molecular flexibility index (Phi) is 4.61. The molecule has 0 saturated carbocycles. The smallest absolute Gasteiger partial charge is 0.223 e. The number of rotatable bonds is 4. The Morgan fingerprint density at radius 1 is 1.35 bits per heavy atom. The van der Waals surface area contributed by atoms with E-state index in [1.807, 2.05) is 0 Å². The molecule has 0 radical (unpaired) electrons. The molecule has 0 bridgehead atoms. The predicted molar refractivity (Wildman–Crippen MR) is 104 cm³/mol. The summed E-state index contributed by atoms with van der Waals surface area (Å²) in [6.07, 6.45) is 3.40. The maximum atomic E-state index is 12.5. The molecule has 140 valence electrons. The van der Waals surface area contributed by atoms with Crippen LogP contribution in [0.1, 0.15) is 30.2 Å². The van der Waals surface area contributed by atoms with Crippen molar-refractivity contribution in [2.75, 3.05) is 37.7 Å². The molecule has 2 saturated heterocycles. The molecular formula is C19H26N4O2S. The number of hydrogen-bond donors (Lipinski definition) is 1. The summed E-state index contributed by atoms with van der Waals surface area (Å²) in [4.78, 5) is 26.2. The lowest BCUT2D eigenvalue weighted by atomic mass is 9.88. The molecule has 2 fully saturated rings. The first kappa shape index (κ1) is 17.7. The van der Waals surface area contributed by atoms with E-state index in [4.69, 9.17) is 4.74 Å². The number of fused-ring (bicyclic) bond motifs is 1. The van der Waals surface area contributed by atoms with Crippen molar-refractivity contribution in [2.24, 2.45) is 11.3 Å². The van der Waals surface area contributed by atoms with Gasteiger partial charge in [-0.2, -0.15) is 0 Å². The van der Waals surface area contributed by atoms with Gasteiger partial charge < -0.3 is 15.0 Å². The molecular weight excluding hydrogens is 348 g/mol. The summed E-state index contributed by atoms with van der Waals surface area (Å²) in [7, 11) is 0. The number of carbonyl (C=O) groups is 1. The molecule has 0 spiro atoms. The van der Waals surface area contributed by atoms with Crippen LogP contribution in [-0.2, 0) is 9.53 Å². The molecule has 1 amide bonds. The average molecular weight is 375 g/mol. The molecule has 4 rings (SSSR count). The van der Waals surface area contributed by atoms with Gasteiger partial charge in [-0.3, -0.25) is 4.79 Å². The highest BCUT2D eigenvalue weighted by atomic mass is 32.1. The van der Waals surface area contributed by atoms with Crippen LogP contribution in [0.5, 0.6) is 0 Å². The fourth-order valence-corrected chi connectivity index (χ4v) is 4.75. The molecule has 0 aromatic carbocycles. The number of piperidine rings is 1. The van der Waals surface area contributed by atoms with Crippen molar-refractivity contribution in [2.45, 2.75) is 33.6 Å². The Balaban J connectivity index is 1.40. The average Bonchev–Trinajstić information content (AvgIpc) is 2.92. The number of amides is 1. The van der Waals surface area contributed by atoms with Crippen LogP contribution < -0.4 is 10.2 Å². The highest BCUT2D eigenvalue weighted by molar-refractivity contribution is 7.18. The monoisotopic (exact) mass is 374 g/mol. The Hall–Kier alpha value is -1.73. The zero-order valence-corrected chi connectivity index (χ0v) is 16.5. The summed E-state index contributed by atoms with van der Waals surface area (Å²) in [6, 6.07) is 0. The van der Waals surface area contributed by atoms with Gasteiger partial charge in [0.15, 0.2) is 0 Å². The fourth-order valence-electron chi connectivity index (χ4n) is 3.75. The largest absolute Gasteiger partial charge is 0.380 e. The van der Waals surface area contributed by atoms with Gasteiger partial charge in [-0.1, -0.05) is 6.92 Å². The van der Waals surface area contributed by atoms with E-state index in [1.54, 1.807) is 17.7 Å². The van der Waals surface area contributed by atoms with Crippen molar-refractivity contribution in [1.82, 2.24) is 15.3 Å². The normalized spacial score (nSPS) is 20.2. The number of nitrogens with zero attached hydrogens (tertiary/aromatic N) is 3. The minimum absolute atomic E-state index is 0.0958. The third kappa shape index (κ3) is 3.18. The zero-order valence-electron chi connectivity index (χ0n) is 15.7. The van der Waals surface area contributed by atoms with Crippen LogP contribution in [0.3, 0.4) is 0 Å². The Labute approximate surface area is 158 Å². The summed E-state index contributed by atoms with van der Waals surface area (Å²) in [5.74, 6) is 1.31. The highest BCUT2D eigenvalue weighted by Gasteiger charge is 2.35. The quantitative estimate of drug-likeness (QED) is 0.891. The van der Waals surface area contributed by atoms with Gasteiger partial charge in [-0.05, 0) is 32.3 Å². The molecule has 2 aromatic heterocycles. The van der Waals surface area contributed by atoms with E-state index in [1.165, 1.54) is 15.8 Å². The molecule has 2 aliphatic rings. The number of carbonyl (C=O) groups excluding carboxylic acids is 1. The summed E-state index contributed by atoms with van der Waals surface area (Å²) in [6.45, 7) is 10.4. The fraction of sp³-hybridized carbons (Fsp3) is 0.632. The van der Waals surface area contributed by atoms with E-state index in [9.17, 15) is 4.79 Å². The van der Waals surface area contributed by atoms with Crippen LogP contribution in [-0.4, -0.2) is 48.7 Å². The first-order chi connectivity index (χ1) is 12.5. The zero-order chi connectivity index (χ0) is 18.3. The molecule has 6 nitrogen and oxygen atoms in total. The summed E-state index contributed by atoms with van der Waals surface area (Å²) >= 11 is 1.73. The summed E-state index contributed by atoms with van der Waals surface area (Å²) in [5, 5.41) is 4.31. The first-order valence-corrected chi connectivity index (χ1v) is 10.1. The number of aromatic nitrogens is 2. The molecule has 2 aromatic rings. The molecule has 26 heavy (non-hydrogen) atoms. The van der Waals surface area contributed by atoms with E-state index in [0.717, 1.165) is 49.8 Å². The van der Waals surface area contributed by atoms with Crippen molar-refractivity contribution in [3.8, 4) is 0 Å². The van der Waals surface area contributed by atoms with Crippen LogP contribution in [0.2, 0.25) is 0 Å². The second-order valence-corrected chi connectivity index (χ2v) is 9.15. The number of hydrogen-bond acceptors (Lipinski definition) is 6. The molecule has 0 aliphatic carbocycles. The molecule has 4 heterocycles. The second kappa shape index (κ2) is 6.78. The topological polar surface area (TPSA) is 67.4 Å². The third-order valence-electron chi connectivity index (χ3n) is 5.70. The van der Waals surface area contributed by atoms with E-state index >= 15 is 0 Å².